The van der Waals surface area contributed by atoms with Crippen LogP contribution >= 0.6 is 0 Å². The van der Waals surface area contributed by atoms with Gasteiger partial charge in [0.2, 0.25) is 0 Å². The van der Waals surface area contributed by atoms with Gasteiger partial charge in [-0.25, -0.2) is 18.7 Å². The van der Waals surface area contributed by atoms with Crippen molar-refractivity contribution in [3.8, 4) is 0 Å². The summed E-state index contributed by atoms with van der Waals surface area (Å²) in [6.07, 6.45) is 1.18. The number of hydrogen-bond acceptors (Lipinski definition) is 6. The largest absolute Gasteiger partial charge is 0.393 e. The zero-order valence-corrected chi connectivity index (χ0v) is 14.3. The number of aryl methyl sites for hydroxylation is 1. The first kappa shape index (κ1) is 18.1. The number of carbonyl (C=O) groups is 1. The average molecular weight is 370 g/mol. The second-order valence-corrected chi connectivity index (χ2v) is 5.63. The normalized spacial score (nSPS) is 10.3. The van der Waals surface area contributed by atoms with Gasteiger partial charge in [0.1, 0.15) is 23.6 Å². The number of anilines is 4. The van der Waals surface area contributed by atoms with Crippen molar-refractivity contribution in [1.29, 1.82) is 0 Å². The van der Waals surface area contributed by atoms with Gasteiger partial charge in [-0.1, -0.05) is 18.2 Å². The molecule has 0 aliphatic carbocycles. The molecule has 5 N–H and O–H groups in total. The second kappa shape index (κ2) is 7.65. The molecule has 0 aliphatic heterocycles. The van der Waals surface area contributed by atoms with E-state index in [1.165, 1.54) is 12.4 Å². The van der Waals surface area contributed by atoms with Gasteiger partial charge in [0, 0.05) is 11.6 Å². The van der Waals surface area contributed by atoms with Crippen LogP contribution in [0.15, 0.2) is 48.8 Å². The molecule has 3 rings (SSSR count). The van der Waals surface area contributed by atoms with Crippen molar-refractivity contribution in [2.24, 2.45) is 0 Å². The maximum atomic E-state index is 13.8. The number of rotatable bonds is 5. The molecule has 0 radical (unpaired) electrons. The molecule has 0 spiro atoms. The number of nitrogens with zero attached hydrogens (tertiary/aromatic N) is 2. The highest BCUT2D eigenvalue weighted by molar-refractivity contribution is 5.96. The number of nitrogens with one attached hydrogen (secondary N) is 3. The third-order valence-electron chi connectivity index (χ3n) is 3.75. The van der Waals surface area contributed by atoms with E-state index in [2.05, 4.69) is 26.1 Å². The summed E-state index contributed by atoms with van der Waals surface area (Å²) in [4.78, 5) is 20.1. The summed E-state index contributed by atoms with van der Waals surface area (Å²) < 4.78 is 26.8. The summed E-state index contributed by atoms with van der Waals surface area (Å²) >= 11 is 0. The van der Waals surface area contributed by atoms with Gasteiger partial charge >= 0.3 is 0 Å². The fourth-order valence-corrected chi connectivity index (χ4v) is 2.32. The first-order valence-corrected chi connectivity index (χ1v) is 7.90. The minimum atomic E-state index is -0.796. The van der Waals surface area contributed by atoms with Crippen molar-refractivity contribution in [1.82, 2.24) is 15.4 Å². The Morgan fingerprint density at radius 1 is 1.07 bits per heavy atom. The van der Waals surface area contributed by atoms with Crippen LogP contribution < -0.4 is 21.9 Å². The van der Waals surface area contributed by atoms with Crippen molar-refractivity contribution in [3.63, 3.8) is 0 Å². The molecule has 0 saturated heterocycles. The monoisotopic (exact) mass is 370 g/mol. The van der Waals surface area contributed by atoms with Crippen LogP contribution in [0.3, 0.4) is 0 Å². The smallest absolute Gasteiger partial charge is 0.269 e. The SMILES string of the molecule is Cc1ccccc1C(=O)NNc1ncnc(Nc2ccc(F)cc2F)c1N. The molecular weight excluding hydrogens is 354 g/mol. The Bertz CT molecular complexity index is 995. The lowest BCUT2D eigenvalue weighted by molar-refractivity contribution is 0.0962. The summed E-state index contributed by atoms with van der Waals surface area (Å²) in [6.45, 7) is 1.81. The molecule has 3 aromatic rings. The lowest BCUT2D eigenvalue weighted by atomic mass is 10.1. The third-order valence-corrected chi connectivity index (χ3v) is 3.75. The summed E-state index contributed by atoms with van der Waals surface area (Å²) in [5.41, 5.74) is 12.4. The van der Waals surface area contributed by atoms with Crippen molar-refractivity contribution in [2.45, 2.75) is 6.92 Å². The fraction of sp³-hybridized carbons (Fsp3) is 0.0556. The number of hydrogen-bond donors (Lipinski definition) is 4. The van der Waals surface area contributed by atoms with Gasteiger partial charge in [0.25, 0.3) is 5.91 Å². The average Bonchev–Trinajstić information content (AvgIpc) is 2.64. The number of amides is 1. The van der Waals surface area contributed by atoms with Gasteiger partial charge in [-0.15, -0.1) is 0 Å². The number of hydrazine groups is 1. The molecule has 0 fully saturated rings. The van der Waals surface area contributed by atoms with E-state index in [0.717, 1.165) is 17.7 Å². The second-order valence-electron chi connectivity index (χ2n) is 5.63. The topological polar surface area (TPSA) is 105 Å². The molecule has 1 aromatic heterocycles. The van der Waals surface area contributed by atoms with Crippen LogP contribution in [0.1, 0.15) is 15.9 Å². The number of halogens is 2. The number of benzene rings is 2. The summed E-state index contributed by atoms with van der Waals surface area (Å²) in [5.74, 6) is -1.64. The van der Waals surface area contributed by atoms with Crippen LogP contribution in [0.25, 0.3) is 0 Å². The maximum absolute atomic E-state index is 13.8. The van der Waals surface area contributed by atoms with Crippen molar-refractivity contribution < 1.29 is 13.6 Å². The number of carbonyl (C=O) groups excluding carboxylic acids is 1. The molecule has 0 bridgehead atoms. The van der Waals surface area contributed by atoms with E-state index in [4.69, 9.17) is 5.73 Å². The third kappa shape index (κ3) is 4.09. The quantitative estimate of drug-likeness (QED) is 0.514. The van der Waals surface area contributed by atoms with Crippen molar-refractivity contribution in [2.75, 3.05) is 16.5 Å². The summed E-state index contributed by atoms with van der Waals surface area (Å²) in [5, 5.41) is 2.67. The molecule has 27 heavy (non-hydrogen) atoms. The number of aromatic nitrogens is 2. The molecule has 0 atom stereocenters. The molecule has 0 unspecified atom stereocenters. The van der Waals surface area contributed by atoms with Gasteiger partial charge in [0.15, 0.2) is 11.6 Å². The van der Waals surface area contributed by atoms with Crippen LogP contribution in [0.4, 0.5) is 31.8 Å². The first-order chi connectivity index (χ1) is 13.0. The lowest BCUT2D eigenvalue weighted by Crippen LogP contribution is -2.30. The van der Waals surface area contributed by atoms with Gasteiger partial charge < -0.3 is 11.1 Å². The number of nitrogens with two attached hydrogens (primary N) is 1. The summed E-state index contributed by atoms with van der Waals surface area (Å²) in [6, 6.07) is 10.1. The van der Waals surface area contributed by atoms with E-state index < -0.39 is 11.6 Å². The van der Waals surface area contributed by atoms with E-state index in [-0.39, 0.29) is 28.9 Å². The van der Waals surface area contributed by atoms with E-state index >= 15 is 0 Å². The fourth-order valence-electron chi connectivity index (χ4n) is 2.32. The molecule has 1 heterocycles. The van der Waals surface area contributed by atoms with Crippen molar-refractivity contribution >= 4 is 28.9 Å². The maximum Gasteiger partial charge on any atom is 0.269 e. The zero-order chi connectivity index (χ0) is 19.4. The Hall–Kier alpha value is -3.75. The highest BCUT2D eigenvalue weighted by Crippen LogP contribution is 2.26. The number of nitrogen functional groups attached to an aromatic ring is 1. The van der Waals surface area contributed by atoms with E-state index in [9.17, 15) is 13.6 Å². The standard InChI is InChI=1S/C18H16F2N6O/c1-10-4-2-3-5-12(10)18(27)26-25-17-15(21)16(22-9-23-17)24-14-7-6-11(19)8-13(14)20/h2-9H,21H2,1H3,(H,26,27)(H2,22,23,24,25). The summed E-state index contributed by atoms with van der Waals surface area (Å²) in [7, 11) is 0. The van der Waals surface area contributed by atoms with Crippen LogP contribution in [0, 0.1) is 18.6 Å². The van der Waals surface area contributed by atoms with E-state index in [1.807, 2.05) is 19.1 Å². The zero-order valence-electron chi connectivity index (χ0n) is 14.3. The van der Waals surface area contributed by atoms with Crippen LogP contribution in [-0.2, 0) is 0 Å². The molecule has 1 amide bonds. The minimum Gasteiger partial charge on any atom is -0.393 e. The molecule has 0 aliphatic rings. The minimum absolute atomic E-state index is 0.00306. The highest BCUT2D eigenvalue weighted by atomic mass is 19.1. The first-order valence-electron chi connectivity index (χ1n) is 7.90. The van der Waals surface area contributed by atoms with Crippen LogP contribution in [-0.4, -0.2) is 15.9 Å². The van der Waals surface area contributed by atoms with Crippen LogP contribution in [0.2, 0.25) is 0 Å². The molecule has 7 nitrogen and oxygen atoms in total. The van der Waals surface area contributed by atoms with Gasteiger partial charge in [-0.2, -0.15) is 0 Å². The molecule has 0 saturated carbocycles. The Balaban J connectivity index is 1.75. The van der Waals surface area contributed by atoms with Gasteiger partial charge in [-0.3, -0.25) is 15.6 Å². The van der Waals surface area contributed by atoms with E-state index in [0.29, 0.717) is 5.56 Å². The molecule has 9 heteroatoms. The lowest BCUT2D eigenvalue weighted by Gasteiger charge is -2.14. The van der Waals surface area contributed by atoms with Crippen LogP contribution in [0.5, 0.6) is 0 Å². The Morgan fingerprint density at radius 3 is 2.56 bits per heavy atom. The molecular formula is C18H16F2N6O. The predicted octanol–water partition coefficient (Wildman–Crippen LogP) is 3.15. The van der Waals surface area contributed by atoms with Gasteiger partial charge in [0.05, 0.1) is 5.69 Å². The van der Waals surface area contributed by atoms with E-state index in [1.54, 1.807) is 12.1 Å². The van der Waals surface area contributed by atoms with Gasteiger partial charge in [-0.05, 0) is 30.7 Å². The Morgan fingerprint density at radius 2 is 1.81 bits per heavy atom. The highest BCUT2D eigenvalue weighted by Gasteiger charge is 2.13. The molecule has 138 valence electrons. The molecule has 2 aromatic carbocycles. The predicted molar refractivity (Wildman–Crippen MR) is 98.4 cm³/mol. The Kier molecular flexibility index (Phi) is 5.11. The van der Waals surface area contributed by atoms with Crippen molar-refractivity contribution in [3.05, 3.63) is 71.6 Å². The Labute approximate surface area is 153 Å².